The van der Waals surface area contributed by atoms with Crippen LogP contribution in [-0.4, -0.2) is 63.8 Å². The second kappa shape index (κ2) is 10.2. The number of nitrogens with zero attached hydrogens (tertiary/aromatic N) is 4. The fourth-order valence-electron chi connectivity index (χ4n) is 3.82. The fourth-order valence-corrected chi connectivity index (χ4v) is 4.79. The smallest absolute Gasteiger partial charge is 0.325 e. The van der Waals surface area contributed by atoms with E-state index in [1.165, 1.54) is 35.7 Å². The lowest BCUT2D eigenvalue weighted by Gasteiger charge is -2.26. The van der Waals surface area contributed by atoms with Gasteiger partial charge in [-0.15, -0.1) is 11.3 Å². The number of likely N-dealkylation sites (tertiary alicyclic amines) is 1. The molecule has 1 aliphatic rings. The summed E-state index contributed by atoms with van der Waals surface area (Å²) in [5.41, 5.74) is 7.45. The predicted octanol–water partition coefficient (Wildman–Crippen LogP) is 2.74. The van der Waals surface area contributed by atoms with Crippen molar-refractivity contribution >= 4 is 63.5 Å². The van der Waals surface area contributed by atoms with Crippen molar-refractivity contribution in [3.8, 4) is 0 Å². The molecule has 0 aliphatic carbocycles. The number of hydrogen-bond acceptors (Lipinski definition) is 8. The van der Waals surface area contributed by atoms with E-state index in [1.54, 1.807) is 23.1 Å². The third-order valence-corrected chi connectivity index (χ3v) is 6.74. The highest BCUT2D eigenvalue weighted by atomic mass is 35.5. The highest BCUT2D eigenvalue weighted by molar-refractivity contribution is 7.17. The van der Waals surface area contributed by atoms with E-state index >= 15 is 0 Å². The van der Waals surface area contributed by atoms with Gasteiger partial charge in [-0.3, -0.25) is 14.4 Å². The number of esters is 1. The monoisotopic (exact) mass is 499 g/mol. The normalized spacial score (nSPS) is 15.9. The average molecular weight is 500 g/mol. The minimum Gasteiger partial charge on any atom is -0.468 e. The second-order valence-corrected chi connectivity index (χ2v) is 9.44. The molecule has 0 spiro atoms. The van der Waals surface area contributed by atoms with Crippen molar-refractivity contribution < 1.29 is 19.1 Å². The predicted molar refractivity (Wildman–Crippen MR) is 130 cm³/mol. The number of benzene rings is 1. The number of carbonyl (C=O) groups is 3. The molecule has 0 unspecified atom stereocenters. The number of anilines is 1. The number of carbonyl (C=O) groups excluding carboxylic acids is 3. The molecule has 34 heavy (non-hydrogen) atoms. The largest absolute Gasteiger partial charge is 0.468 e. The van der Waals surface area contributed by atoms with Gasteiger partial charge in [0.15, 0.2) is 0 Å². The maximum absolute atomic E-state index is 13.2. The summed E-state index contributed by atoms with van der Waals surface area (Å²) in [6.07, 6.45) is 4.76. The van der Waals surface area contributed by atoms with Crippen LogP contribution in [0.4, 0.5) is 5.82 Å². The standard InChI is InChI=1S/C23H22ClN5O4S/c1-33-21(31)12-29(20(30)7-4-15-3-6-19(24)34-15)18-8-9-28(23(18)32)11-14-2-5-16-17(10-14)26-13-27-22(16)25/h2-7,10,13,18H,8-9,11-12H2,1H3,(H2,25,26,27)/t18-/m0/s1. The van der Waals surface area contributed by atoms with Gasteiger partial charge in [0, 0.05) is 29.4 Å². The van der Waals surface area contributed by atoms with Gasteiger partial charge in [-0.2, -0.15) is 0 Å². The van der Waals surface area contributed by atoms with Gasteiger partial charge in [0.1, 0.15) is 24.7 Å². The lowest BCUT2D eigenvalue weighted by Crippen LogP contribution is -2.47. The first-order valence-corrected chi connectivity index (χ1v) is 11.6. The number of fused-ring (bicyclic) bond motifs is 1. The van der Waals surface area contributed by atoms with Crippen LogP contribution in [0.5, 0.6) is 0 Å². The van der Waals surface area contributed by atoms with Crippen LogP contribution < -0.4 is 5.73 Å². The second-order valence-electron chi connectivity index (χ2n) is 7.69. The number of thiophene rings is 1. The van der Waals surface area contributed by atoms with Crippen molar-refractivity contribution in [2.75, 3.05) is 25.9 Å². The van der Waals surface area contributed by atoms with Crippen molar-refractivity contribution in [2.24, 2.45) is 0 Å². The molecule has 2 N–H and O–H groups in total. The molecule has 0 bridgehead atoms. The third-order valence-electron chi connectivity index (χ3n) is 5.54. The number of aromatic nitrogens is 2. The van der Waals surface area contributed by atoms with E-state index in [0.717, 1.165) is 15.8 Å². The summed E-state index contributed by atoms with van der Waals surface area (Å²) >= 11 is 7.26. The Bertz CT molecular complexity index is 1280. The van der Waals surface area contributed by atoms with Gasteiger partial charge in [-0.25, -0.2) is 9.97 Å². The highest BCUT2D eigenvalue weighted by Gasteiger charge is 2.38. The Morgan fingerprint density at radius 2 is 2.15 bits per heavy atom. The van der Waals surface area contributed by atoms with Crippen LogP contribution in [0.2, 0.25) is 4.34 Å². The Labute approximate surface area is 204 Å². The molecule has 2 amide bonds. The molecule has 1 fully saturated rings. The summed E-state index contributed by atoms with van der Waals surface area (Å²) < 4.78 is 5.35. The highest BCUT2D eigenvalue weighted by Crippen LogP contribution is 2.25. The summed E-state index contributed by atoms with van der Waals surface area (Å²) in [6, 6.07) is 8.31. The number of methoxy groups -OCH3 is 1. The number of amides is 2. The Morgan fingerprint density at radius 3 is 2.88 bits per heavy atom. The van der Waals surface area contributed by atoms with Crippen LogP contribution in [0.1, 0.15) is 16.9 Å². The van der Waals surface area contributed by atoms with Crippen LogP contribution >= 0.6 is 22.9 Å². The van der Waals surface area contributed by atoms with Gasteiger partial charge in [0.2, 0.25) is 11.8 Å². The molecule has 11 heteroatoms. The number of nitrogen functional groups attached to an aromatic ring is 1. The zero-order chi connectivity index (χ0) is 24.2. The molecular weight excluding hydrogens is 478 g/mol. The first-order valence-electron chi connectivity index (χ1n) is 10.4. The van der Waals surface area contributed by atoms with Gasteiger partial charge in [-0.05, 0) is 42.3 Å². The fraction of sp³-hybridized carbons (Fsp3) is 0.261. The summed E-state index contributed by atoms with van der Waals surface area (Å²) in [6.45, 7) is 0.475. The maximum atomic E-state index is 13.2. The molecule has 3 heterocycles. The number of hydrogen-bond donors (Lipinski definition) is 1. The number of ether oxygens (including phenoxy) is 1. The van der Waals surface area contributed by atoms with E-state index in [1.807, 2.05) is 18.2 Å². The molecule has 1 aromatic carbocycles. The summed E-state index contributed by atoms with van der Waals surface area (Å²) in [5.74, 6) is -0.886. The molecule has 1 atom stereocenters. The van der Waals surface area contributed by atoms with Gasteiger partial charge in [0.25, 0.3) is 0 Å². The third kappa shape index (κ3) is 5.18. The maximum Gasteiger partial charge on any atom is 0.325 e. The number of halogens is 1. The van der Waals surface area contributed by atoms with E-state index in [4.69, 9.17) is 22.1 Å². The van der Waals surface area contributed by atoms with Gasteiger partial charge in [0.05, 0.1) is 17.0 Å². The lowest BCUT2D eigenvalue weighted by atomic mass is 10.1. The molecule has 176 valence electrons. The molecule has 9 nitrogen and oxygen atoms in total. The van der Waals surface area contributed by atoms with E-state index < -0.39 is 17.9 Å². The van der Waals surface area contributed by atoms with Crippen molar-refractivity contribution in [1.29, 1.82) is 0 Å². The van der Waals surface area contributed by atoms with Crippen LogP contribution in [0.25, 0.3) is 17.0 Å². The molecule has 2 aromatic heterocycles. The van der Waals surface area contributed by atoms with Gasteiger partial charge in [-0.1, -0.05) is 17.7 Å². The average Bonchev–Trinajstić information content (AvgIpc) is 3.41. The topological polar surface area (TPSA) is 119 Å². The molecule has 3 aromatic rings. The molecule has 4 rings (SSSR count). The number of rotatable bonds is 7. The van der Waals surface area contributed by atoms with Gasteiger partial charge < -0.3 is 20.3 Å². The van der Waals surface area contributed by atoms with Crippen molar-refractivity contribution in [2.45, 2.75) is 19.0 Å². The molecule has 1 saturated heterocycles. The summed E-state index contributed by atoms with van der Waals surface area (Å²) in [5, 5.41) is 0.741. The zero-order valence-electron chi connectivity index (χ0n) is 18.3. The van der Waals surface area contributed by atoms with E-state index in [2.05, 4.69) is 9.97 Å². The van der Waals surface area contributed by atoms with E-state index in [9.17, 15) is 14.4 Å². The Kier molecular flexibility index (Phi) is 7.09. The summed E-state index contributed by atoms with van der Waals surface area (Å²) in [7, 11) is 1.24. The van der Waals surface area contributed by atoms with Crippen LogP contribution in [0.15, 0.2) is 42.7 Å². The minimum atomic E-state index is -0.762. The quantitative estimate of drug-likeness (QED) is 0.392. The van der Waals surface area contributed by atoms with Crippen molar-refractivity contribution in [1.82, 2.24) is 19.8 Å². The van der Waals surface area contributed by atoms with Crippen LogP contribution in [-0.2, 0) is 25.7 Å². The Balaban J connectivity index is 1.50. The summed E-state index contributed by atoms with van der Waals surface area (Å²) in [4.78, 5) is 50.1. The van der Waals surface area contributed by atoms with Crippen molar-refractivity contribution in [3.63, 3.8) is 0 Å². The molecule has 1 aliphatic heterocycles. The van der Waals surface area contributed by atoms with Crippen LogP contribution in [0, 0.1) is 0 Å². The zero-order valence-corrected chi connectivity index (χ0v) is 19.9. The minimum absolute atomic E-state index is 0.230. The van der Waals surface area contributed by atoms with E-state index in [0.29, 0.717) is 35.2 Å². The molecule has 0 saturated carbocycles. The van der Waals surface area contributed by atoms with Crippen LogP contribution in [0.3, 0.4) is 0 Å². The molecular formula is C23H22ClN5O4S. The number of nitrogens with two attached hydrogens (primary N) is 1. The van der Waals surface area contributed by atoms with Crippen molar-refractivity contribution in [3.05, 3.63) is 57.5 Å². The lowest BCUT2D eigenvalue weighted by molar-refractivity contribution is -0.149. The molecule has 0 radical (unpaired) electrons. The Morgan fingerprint density at radius 1 is 1.32 bits per heavy atom. The Hall–Kier alpha value is -3.50. The van der Waals surface area contributed by atoms with E-state index in [-0.39, 0.29) is 12.5 Å². The first kappa shape index (κ1) is 23.7. The van der Waals surface area contributed by atoms with Gasteiger partial charge >= 0.3 is 5.97 Å². The first-order chi connectivity index (χ1) is 16.4. The SMILES string of the molecule is COC(=O)CN(C(=O)C=Cc1ccc(Cl)s1)[C@H]1CCN(Cc2ccc3c(N)ncnc3c2)C1=O.